The lowest BCUT2D eigenvalue weighted by molar-refractivity contribution is 0.102. The maximum absolute atomic E-state index is 13.8. The Morgan fingerprint density at radius 2 is 1.57 bits per heavy atom. The van der Waals surface area contributed by atoms with E-state index in [0.29, 0.717) is 6.07 Å². The van der Waals surface area contributed by atoms with Gasteiger partial charge in [0.05, 0.1) is 5.69 Å². The third-order valence-electron chi connectivity index (χ3n) is 3.57. The van der Waals surface area contributed by atoms with E-state index in [1.54, 1.807) is 0 Å². The van der Waals surface area contributed by atoms with Gasteiger partial charge in [-0.1, -0.05) is 6.07 Å². The molecule has 0 radical (unpaired) electrons. The molecule has 3 rings (SSSR count). The molecule has 0 atom stereocenters. The second-order valence-electron chi connectivity index (χ2n) is 5.58. The van der Waals surface area contributed by atoms with Gasteiger partial charge < -0.3 is 10.6 Å². The molecule has 1 heterocycles. The van der Waals surface area contributed by atoms with Crippen LogP contribution in [0.3, 0.4) is 0 Å². The van der Waals surface area contributed by atoms with Crippen molar-refractivity contribution in [2.45, 2.75) is 6.92 Å². The van der Waals surface area contributed by atoms with Crippen LogP contribution in [-0.4, -0.2) is 15.9 Å². The maximum atomic E-state index is 13.8. The van der Waals surface area contributed by atoms with Crippen molar-refractivity contribution in [2.75, 3.05) is 10.6 Å². The first-order valence-corrected chi connectivity index (χ1v) is 7.78. The van der Waals surface area contributed by atoms with Crippen LogP contribution in [0.2, 0.25) is 0 Å². The molecule has 28 heavy (non-hydrogen) atoms. The van der Waals surface area contributed by atoms with E-state index in [0.717, 1.165) is 30.3 Å². The number of carbonyl (C=O) groups excluding carboxylic acids is 1. The molecule has 1 aromatic heterocycles. The lowest BCUT2D eigenvalue weighted by Crippen LogP contribution is -2.17. The molecule has 0 aliphatic carbocycles. The number of halogens is 5. The molecule has 0 saturated heterocycles. The smallest absolute Gasteiger partial charge is 0.274 e. The number of carbonyl (C=O) groups is 1. The molecule has 0 unspecified atom stereocenters. The Balaban J connectivity index is 1.89. The summed E-state index contributed by atoms with van der Waals surface area (Å²) in [5.41, 5.74) is -1.38. The van der Waals surface area contributed by atoms with Crippen molar-refractivity contribution in [1.82, 2.24) is 9.97 Å². The molecule has 0 fully saturated rings. The minimum atomic E-state index is -1.68. The quantitative estimate of drug-likeness (QED) is 0.506. The van der Waals surface area contributed by atoms with Crippen LogP contribution in [0.4, 0.5) is 39.1 Å². The Morgan fingerprint density at radius 1 is 0.893 bits per heavy atom. The number of nitrogens with zero attached hydrogens (tertiary/aromatic N) is 2. The van der Waals surface area contributed by atoms with Gasteiger partial charge in [-0.05, 0) is 31.2 Å². The van der Waals surface area contributed by atoms with E-state index in [1.165, 1.54) is 6.92 Å². The van der Waals surface area contributed by atoms with Gasteiger partial charge in [0.1, 0.15) is 34.7 Å². The average Bonchev–Trinajstić information content (AvgIpc) is 2.65. The first kappa shape index (κ1) is 19.2. The number of nitrogens with one attached hydrogen (secondary N) is 2. The fraction of sp³-hybridized carbons (Fsp3) is 0.0556. The van der Waals surface area contributed by atoms with Gasteiger partial charge in [0, 0.05) is 6.07 Å². The van der Waals surface area contributed by atoms with Crippen LogP contribution in [0.25, 0.3) is 0 Å². The van der Waals surface area contributed by atoms with Crippen molar-refractivity contribution >= 4 is 23.1 Å². The predicted molar refractivity (Wildman–Crippen MR) is 90.7 cm³/mol. The van der Waals surface area contributed by atoms with E-state index in [9.17, 15) is 26.7 Å². The van der Waals surface area contributed by atoms with Crippen molar-refractivity contribution in [2.24, 2.45) is 0 Å². The molecule has 3 aromatic rings. The second-order valence-corrected chi connectivity index (χ2v) is 5.58. The Hall–Kier alpha value is -3.56. The molecule has 0 spiro atoms. The minimum absolute atomic E-state index is 0.0622. The standard InChI is InChI=1S/C18H11F5N4O/c1-8-24-13(18(28)27-17-10(20)3-2-4-11(17)21)7-14(25-8)26-12-6-5-9(19)15(22)16(12)23/h2-7H,1H3,(H,27,28)(H,24,25,26). The van der Waals surface area contributed by atoms with Crippen LogP contribution >= 0.6 is 0 Å². The van der Waals surface area contributed by atoms with Gasteiger partial charge in [0.15, 0.2) is 17.5 Å². The number of amides is 1. The number of rotatable bonds is 4. The van der Waals surface area contributed by atoms with Gasteiger partial charge in [-0.15, -0.1) is 0 Å². The summed E-state index contributed by atoms with van der Waals surface area (Å²) in [4.78, 5) is 20.1. The molecule has 0 aliphatic rings. The molecular formula is C18H11F5N4O. The summed E-state index contributed by atoms with van der Waals surface area (Å²) in [6, 6.07) is 5.77. The zero-order chi connectivity index (χ0) is 20.4. The van der Waals surface area contributed by atoms with Crippen molar-refractivity contribution in [3.05, 3.63) is 77.0 Å². The SMILES string of the molecule is Cc1nc(Nc2ccc(F)c(F)c2F)cc(C(=O)Nc2c(F)cccc2F)n1. The summed E-state index contributed by atoms with van der Waals surface area (Å²) >= 11 is 0. The van der Waals surface area contributed by atoms with Crippen molar-refractivity contribution in [3.63, 3.8) is 0 Å². The summed E-state index contributed by atoms with van der Waals surface area (Å²) in [5, 5.41) is 4.45. The minimum Gasteiger partial charge on any atom is -0.338 e. The first-order valence-electron chi connectivity index (χ1n) is 7.78. The first-order chi connectivity index (χ1) is 13.3. The highest BCUT2D eigenvalue weighted by Crippen LogP contribution is 2.24. The molecule has 10 heteroatoms. The highest BCUT2D eigenvalue weighted by Gasteiger charge is 2.18. The zero-order valence-electron chi connectivity index (χ0n) is 14.2. The van der Waals surface area contributed by atoms with Crippen molar-refractivity contribution in [3.8, 4) is 0 Å². The largest absolute Gasteiger partial charge is 0.338 e. The Kier molecular flexibility index (Phi) is 5.21. The fourth-order valence-electron chi connectivity index (χ4n) is 2.30. The van der Waals surface area contributed by atoms with E-state index >= 15 is 0 Å². The van der Waals surface area contributed by atoms with Crippen LogP contribution in [0.15, 0.2) is 36.4 Å². The van der Waals surface area contributed by atoms with Gasteiger partial charge in [-0.2, -0.15) is 0 Å². The third kappa shape index (κ3) is 3.90. The van der Waals surface area contributed by atoms with E-state index in [2.05, 4.69) is 20.6 Å². The number of para-hydroxylation sites is 1. The molecule has 0 bridgehead atoms. The number of hydrogen-bond acceptors (Lipinski definition) is 4. The van der Waals surface area contributed by atoms with Crippen LogP contribution in [0, 0.1) is 36.0 Å². The monoisotopic (exact) mass is 394 g/mol. The summed E-state index contributed by atoms with van der Waals surface area (Å²) in [6.07, 6.45) is 0. The fourth-order valence-corrected chi connectivity index (χ4v) is 2.30. The highest BCUT2D eigenvalue weighted by atomic mass is 19.2. The van der Waals surface area contributed by atoms with E-state index in [1.807, 2.05) is 0 Å². The summed E-state index contributed by atoms with van der Waals surface area (Å²) in [7, 11) is 0. The molecule has 5 nitrogen and oxygen atoms in total. The summed E-state index contributed by atoms with van der Waals surface area (Å²) < 4.78 is 67.5. The van der Waals surface area contributed by atoms with Crippen LogP contribution in [-0.2, 0) is 0 Å². The van der Waals surface area contributed by atoms with Gasteiger partial charge in [-0.3, -0.25) is 4.79 Å². The van der Waals surface area contributed by atoms with Gasteiger partial charge >= 0.3 is 0 Å². The third-order valence-corrected chi connectivity index (χ3v) is 3.57. The van der Waals surface area contributed by atoms with Gasteiger partial charge in [0.25, 0.3) is 5.91 Å². The van der Waals surface area contributed by atoms with E-state index in [4.69, 9.17) is 0 Å². The average molecular weight is 394 g/mol. The predicted octanol–water partition coefficient (Wildman–Crippen LogP) is 4.48. The molecule has 2 N–H and O–H groups in total. The Labute approximate surface area is 155 Å². The number of anilines is 3. The summed E-state index contributed by atoms with van der Waals surface area (Å²) in [6.45, 7) is 1.41. The molecule has 2 aromatic carbocycles. The number of hydrogen-bond donors (Lipinski definition) is 2. The van der Waals surface area contributed by atoms with Gasteiger partial charge in [0.2, 0.25) is 0 Å². The normalized spacial score (nSPS) is 10.6. The van der Waals surface area contributed by atoms with Crippen LogP contribution in [0.1, 0.15) is 16.3 Å². The lowest BCUT2D eigenvalue weighted by Gasteiger charge is -2.11. The van der Waals surface area contributed by atoms with Crippen molar-refractivity contribution < 1.29 is 26.7 Å². The number of aromatic nitrogens is 2. The van der Waals surface area contributed by atoms with Gasteiger partial charge in [-0.25, -0.2) is 31.9 Å². The maximum Gasteiger partial charge on any atom is 0.274 e. The number of aryl methyl sites for hydroxylation is 1. The molecular weight excluding hydrogens is 383 g/mol. The number of benzene rings is 2. The van der Waals surface area contributed by atoms with Crippen LogP contribution < -0.4 is 10.6 Å². The van der Waals surface area contributed by atoms with Crippen LogP contribution in [0.5, 0.6) is 0 Å². The van der Waals surface area contributed by atoms with E-state index < -0.39 is 46.4 Å². The second kappa shape index (κ2) is 7.59. The zero-order valence-corrected chi connectivity index (χ0v) is 14.2. The molecule has 0 saturated carbocycles. The topological polar surface area (TPSA) is 66.9 Å². The molecule has 0 aliphatic heterocycles. The lowest BCUT2D eigenvalue weighted by atomic mass is 10.2. The van der Waals surface area contributed by atoms with Crippen molar-refractivity contribution in [1.29, 1.82) is 0 Å². The Bertz CT molecular complexity index is 1050. The molecule has 144 valence electrons. The molecule has 1 amide bonds. The summed E-state index contributed by atoms with van der Waals surface area (Å²) in [5.74, 6) is -7.50. The Morgan fingerprint density at radius 3 is 2.25 bits per heavy atom. The highest BCUT2D eigenvalue weighted by molar-refractivity contribution is 6.03. The van der Waals surface area contributed by atoms with E-state index in [-0.39, 0.29) is 17.3 Å².